The number of hydrogen-bond acceptors (Lipinski definition) is 3. The van der Waals surface area contributed by atoms with Gasteiger partial charge in [-0.1, -0.05) is 24.3 Å². The van der Waals surface area contributed by atoms with Crippen LogP contribution in [0.5, 0.6) is 0 Å². The molecule has 18 heavy (non-hydrogen) atoms. The molecule has 1 aliphatic rings. The average Bonchev–Trinajstić information content (AvgIpc) is 2.82. The number of hydrogen-bond donors (Lipinski definition) is 1. The molecule has 0 fully saturated rings. The molecule has 4 heteroatoms. The normalized spacial score (nSPS) is 16.1. The molecule has 0 saturated carbocycles. The van der Waals surface area contributed by atoms with Crippen molar-refractivity contribution in [3.8, 4) is 0 Å². The molecule has 1 heterocycles. The Bertz CT molecular complexity index is 420. The maximum Gasteiger partial charge on any atom is 0.237 e. The van der Waals surface area contributed by atoms with E-state index in [1.807, 2.05) is 12.1 Å². The lowest BCUT2D eigenvalue weighted by Crippen LogP contribution is -2.43. The standard InChI is InChI=1S/C14H18N2O2/c1-15-14(18)13(7-4-8-17)16-9-11-5-2-3-6-12(11)10-16/h2-3,5-6,8,13H,4,7,9-10H2,1H3,(H,15,18). The first-order valence-electron chi connectivity index (χ1n) is 6.22. The molecule has 4 nitrogen and oxygen atoms in total. The minimum absolute atomic E-state index is 0.00958. The van der Waals surface area contributed by atoms with Crippen LogP contribution in [0.15, 0.2) is 24.3 Å². The van der Waals surface area contributed by atoms with Gasteiger partial charge in [-0.25, -0.2) is 0 Å². The predicted molar refractivity (Wildman–Crippen MR) is 68.8 cm³/mol. The summed E-state index contributed by atoms with van der Waals surface area (Å²) >= 11 is 0. The van der Waals surface area contributed by atoms with E-state index in [-0.39, 0.29) is 11.9 Å². The lowest BCUT2D eigenvalue weighted by atomic mass is 10.1. The third kappa shape index (κ3) is 2.59. The second-order valence-corrected chi connectivity index (χ2v) is 4.55. The van der Waals surface area contributed by atoms with Gasteiger partial charge in [0, 0.05) is 26.6 Å². The number of rotatable bonds is 5. The van der Waals surface area contributed by atoms with E-state index in [0.29, 0.717) is 12.8 Å². The largest absolute Gasteiger partial charge is 0.358 e. The molecule has 1 aromatic carbocycles. The molecule has 1 unspecified atom stereocenters. The number of carbonyl (C=O) groups is 2. The molecule has 2 rings (SSSR count). The Morgan fingerprint density at radius 1 is 1.39 bits per heavy atom. The lowest BCUT2D eigenvalue weighted by Gasteiger charge is -2.25. The van der Waals surface area contributed by atoms with E-state index in [1.165, 1.54) is 11.1 Å². The highest BCUT2D eigenvalue weighted by atomic mass is 16.2. The number of amides is 1. The highest BCUT2D eigenvalue weighted by molar-refractivity contribution is 5.81. The lowest BCUT2D eigenvalue weighted by molar-refractivity contribution is -0.126. The smallest absolute Gasteiger partial charge is 0.237 e. The second-order valence-electron chi connectivity index (χ2n) is 4.55. The van der Waals surface area contributed by atoms with E-state index in [2.05, 4.69) is 22.3 Å². The summed E-state index contributed by atoms with van der Waals surface area (Å²) in [5.41, 5.74) is 2.55. The van der Waals surface area contributed by atoms with Crippen LogP contribution < -0.4 is 5.32 Å². The Hall–Kier alpha value is -1.68. The maximum atomic E-state index is 11.9. The SMILES string of the molecule is CNC(=O)C(CCC=O)N1Cc2ccccc2C1. The maximum absolute atomic E-state index is 11.9. The summed E-state index contributed by atoms with van der Waals surface area (Å²) in [6.07, 6.45) is 1.88. The number of carbonyl (C=O) groups excluding carboxylic acids is 2. The van der Waals surface area contributed by atoms with Crippen LogP contribution in [-0.4, -0.2) is 30.2 Å². The van der Waals surface area contributed by atoms with Crippen LogP contribution in [0.25, 0.3) is 0 Å². The molecule has 1 aliphatic heterocycles. The van der Waals surface area contributed by atoms with Crippen LogP contribution >= 0.6 is 0 Å². The second kappa shape index (κ2) is 5.78. The number of aldehydes is 1. The molecule has 96 valence electrons. The highest BCUT2D eigenvalue weighted by Gasteiger charge is 2.29. The summed E-state index contributed by atoms with van der Waals surface area (Å²) in [6, 6.07) is 8.00. The Morgan fingerprint density at radius 3 is 2.50 bits per heavy atom. The van der Waals surface area contributed by atoms with Crippen molar-refractivity contribution >= 4 is 12.2 Å². The van der Waals surface area contributed by atoms with Gasteiger partial charge in [0.1, 0.15) is 6.29 Å². The minimum atomic E-state index is -0.215. The highest BCUT2D eigenvalue weighted by Crippen LogP contribution is 2.25. The van der Waals surface area contributed by atoms with Gasteiger partial charge in [0.25, 0.3) is 0 Å². The first-order valence-corrected chi connectivity index (χ1v) is 6.22. The first kappa shape index (κ1) is 12.8. The average molecular weight is 246 g/mol. The molecular formula is C14H18N2O2. The molecule has 0 radical (unpaired) electrons. The quantitative estimate of drug-likeness (QED) is 0.791. The number of nitrogens with one attached hydrogen (secondary N) is 1. The Kier molecular flexibility index (Phi) is 4.10. The van der Waals surface area contributed by atoms with Gasteiger partial charge in [0.2, 0.25) is 5.91 Å². The third-order valence-electron chi connectivity index (χ3n) is 3.41. The number of nitrogens with zero attached hydrogens (tertiary/aromatic N) is 1. The van der Waals surface area contributed by atoms with Gasteiger partial charge < -0.3 is 10.1 Å². The van der Waals surface area contributed by atoms with Crippen molar-refractivity contribution in [2.45, 2.75) is 32.0 Å². The van der Waals surface area contributed by atoms with Gasteiger partial charge in [0.05, 0.1) is 6.04 Å². The van der Waals surface area contributed by atoms with E-state index >= 15 is 0 Å². The zero-order chi connectivity index (χ0) is 13.0. The van der Waals surface area contributed by atoms with E-state index < -0.39 is 0 Å². The molecule has 0 bridgehead atoms. The zero-order valence-electron chi connectivity index (χ0n) is 10.6. The van der Waals surface area contributed by atoms with Gasteiger partial charge in [-0.3, -0.25) is 9.69 Å². The van der Waals surface area contributed by atoms with E-state index in [4.69, 9.17) is 0 Å². The van der Waals surface area contributed by atoms with Gasteiger partial charge in [-0.2, -0.15) is 0 Å². The van der Waals surface area contributed by atoms with Crippen LogP contribution in [0, 0.1) is 0 Å². The van der Waals surface area contributed by atoms with Crippen LogP contribution in [0.2, 0.25) is 0 Å². The Morgan fingerprint density at radius 2 is 2.00 bits per heavy atom. The fraction of sp³-hybridized carbons (Fsp3) is 0.429. The van der Waals surface area contributed by atoms with E-state index in [0.717, 1.165) is 19.4 Å². The summed E-state index contributed by atoms with van der Waals surface area (Å²) in [5.74, 6) is -0.00958. The molecule has 1 N–H and O–H groups in total. The van der Waals surface area contributed by atoms with Gasteiger partial charge in [0.15, 0.2) is 0 Å². The van der Waals surface area contributed by atoms with Crippen molar-refractivity contribution in [1.29, 1.82) is 0 Å². The minimum Gasteiger partial charge on any atom is -0.358 e. The van der Waals surface area contributed by atoms with Crippen molar-refractivity contribution < 1.29 is 9.59 Å². The summed E-state index contributed by atoms with van der Waals surface area (Å²) in [7, 11) is 1.64. The van der Waals surface area contributed by atoms with Crippen molar-refractivity contribution in [2.24, 2.45) is 0 Å². The van der Waals surface area contributed by atoms with Crippen LogP contribution in [-0.2, 0) is 22.7 Å². The van der Waals surface area contributed by atoms with E-state index in [1.54, 1.807) is 7.05 Å². The molecule has 0 aromatic heterocycles. The monoisotopic (exact) mass is 246 g/mol. The van der Waals surface area contributed by atoms with Gasteiger partial charge >= 0.3 is 0 Å². The summed E-state index contributed by atoms with van der Waals surface area (Å²) in [5, 5.41) is 2.68. The van der Waals surface area contributed by atoms with Gasteiger partial charge in [-0.05, 0) is 17.5 Å². The predicted octanol–water partition coefficient (Wildman–Crippen LogP) is 1.10. The fourth-order valence-corrected chi connectivity index (χ4v) is 2.45. The van der Waals surface area contributed by atoms with E-state index in [9.17, 15) is 9.59 Å². The zero-order valence-corrected chi connectivity index (χ0v) is 10.6. The van der Waals surface area contributed by atoms with Crippen molar-refractivity contribution in [2.75, 3.05) is 7.05 Å². The Balaban J connectivity index is 2.09. The number of benzene rings is 1. The topological polar surface area (TPSA) is 49.4 Å². The number of likely N-dealkylation sites (N-methyl/N-ethyl adjacent to an activating group) is 1. The van der Waals surface area contributed by atoms with Crippen LogP contribution in [0.4, 0.5) is 0 Å². The van der Waals surface area contributed by atoms with Crippen LogP contribution in [0.3, 0.4) is 0 Å². The van der Waals surface area contributed by atoms with Crippen molar-refractivity contribution in [3.63, 3.8) is 0 Å². The van der Waals surface area contributed by atoms with Crippen molar-refractivity contribution in [1.82, 2.24) is 10.2 Å². The van der Waals surface area contributed by atoms with Gasteiger partial charge in [-0.15, -0.1) is 0 Å². The summed E-state index contributed by atoms with van der Waals surface area (Å²) in [6.45, 7) is 1.57. The molecule has 0 spiro atoms. The summed E-state index contributed by atoms with van der Waals surface area (Å²) < 4.78 is 0. The fourth-order valence-electron chi connectivity index (χ4n) is 2.45. The molecule has 1 atom stereocenters. The molecule has 1 amide bonds. The molecular weight excluding hydrogens is 228 g/mol. The summed E-state index contributed by atoms with van der Waals surface area (Å²) in [4.78, 5) is 24.5. The molecule has 0 aliphatic carbocycles. The Labute approximate surface area is 107 Å². The first-order chi connectivity index (χ1) is 8.76. The van der Waals surface area contributed by atoms with Crippen molar-refractivity contribution in [3.05, 3.63) is 35.4 Å². The molecule has 0 saturated heterocycles. The van der Waals surface area contributed by atoms with Crippen LogP contribution in [0.1, 0.15) is 24.0 Å². The molecule has 1 aromatic rings. The number of fused-ring (bicyclic) bond motifs is 1. The third-order valence-corrected chi connectivity index (χ3v) is 3.41.